The minimum absolute atomic E-state index is 0.0961. The van der Waals surface area contributed by atoms with Crippen LogP contribution in [0.5, 0.6) is 46.0 Å². The molecule has 0 radical (unpaired) electrons. The van der Waals surface area contributed by atoms with Crippen molar-refractivity contribution in [3.05, 3.63) is 99.2 Å². The van der Waals surface area contributed by atoms with Crippen molar-refractivity contribution in [3.63, 3.8) is 0 Å². The lowest BCUT2D eigenvalue weighted by atomic mass is 9.77. The number of benzene rings is 4. The molecule has 4 aromatic carbocycles. The lowest BCUT2D eigenvalue weighted by Gasteiger charge is -2.34. The number of carboxylic acids is 2. The summed E-state index contributed by atoms with van der Waals surface area (Å²) in [7, 11) is 17.5. The fraction of sp³-hybridized carbons (Fsp3) is 0.484. The summed E-state index contributed by atoms with van der Waals surface area (Å²) in [4.78, 5) is 72.8. The number of aliphatic carboxylic acids is 2. The van der Waals surface area contributed by atoms with E-state index in [-0.39, 0.29) is 24.8 Å². The normalized spacial score (nSPS) is 16.4. The molecule has 0 saturated carbocycles. The highest BCUT2D eigenvalue weighted by Gasteiger charge is 2.32. The third kappa shape index (κ3) is 18.8. The molecule has 0 fully saturated rings. The molecule has 6 atom stereocenters. The molecule has 88 heavy (non-hydrogen) atoms. The van der Waals surface area contributed by atoms with Gasteiger partial charge in [-0.05, 0) is 158 Å². The van der Waals surface area contributed by atoms with E-state index in [0.717, 1.165) is 117 Å². The van der Waals surface area contributed by atoms with Crippen molar-refractivity contribution < 1.29 is 107 Å². The van der Waals surface area contributed by atoms with Gasteiger partial charge < -0.3 is 97.6 Å². The quantitative estimate of drug-likeness (QED) is 0.0352. The smallest absolute Gasteiger partial charge is 0.339 e. The van der Waals surface area contributed by atoms with E-state index in [1.165, 1.54) is 27.8 Å². The van der Waals surface area contributed by atoms with Crippen LogP contribution in [0.4, 0.5) is 0 Å². The first kappa shape index (κ1) is 70.4. The molecule has 0 aromatic heterocycles. The number of fused-ring (bicyclic) bond motifs is 4. The predicted octanol–water partition coefficient (Wildman–Crippen LogP) is 2.89. The first-order chi connectivity index (χ1) is 42.1. The second-order valence-electron chi connectivity index (χ2n) is 20.9. The van der Waals surface area contributed by atoms with E-state index in [1.807, 2.05) is 46.3 Å². The topological polar surface area (TPSA) is 329 Å². The second-order valence-corrected chi connectivity index (χ2v) is 20.9. The van der Waals surface area contributed by atoms with Gasteiger partial charge in [-0.15, -0.1) is 0 Å². The van der Waals surface area contributed by atoms with Crippen molar-refractivity contribution in [3.8, 4) is 46.0 Å². The van der Waals surface area contributed by atoms with Crippen LogP contribution in [0, 0.1) is 0 Å². The highest BCUT2D eigenvalue weighted by atomic mass is 16.6. The van der Waals surface area contributed by atoms with Gasteiger partial charge in [-0.2, -0.15) is 0 Å². The van der Waals surface area contributed by atoms with Gasteiger partial charge in [0.1, 0.15) is 0 Å². The number of ether oxygens (including phenoxy) is 10. The molecule has 0 unspecified atom stereocenters. The number of likely N-dealkylation sites (N-methyl/N-ethyl adjacent to an activating group) is 2. The summed E-state index contributed by atoms with van der Waals surface area (Å²) < 4.78 is 50.8. The Morgan fingerprint density at radius 3 is 1.33 bits per heavy atom. The molecular weight excluding hydrogens is 1150 g/mol. The summed E-state index contributed by atoms with van der Waals surface area (Å²) in [5, 5.41) is 49.5. The third-order valence-corrected chi connectivity index (χ3v) is 15.3. The molecule has 482 valence electrons. The first-order valence-corrected chi connectivity index (χ1v) is 28.1. The molecule has 2 aliphatic heterocycles. The summed E-state index contributed by atoms with van der Waals surface area (Å²) >= 11 is 0. The van der Waals surface area contributed by atoms with Crippen molar-refractivity contribution in [2.75, 3.05) is 117 Å². The van der Waals surface area contributed by atoms with Gasteiger partial charge in [0.25, 0.3) is 12.9 Å². The summed E-state index contributed by atoms with van der Waals surface area (Å²) in [5.41, 5.74) is 9.53. The highest BCUT2D eigenvalue weighted by molar-refractivity contribution is 5.84. The molecule has 6 N–H and O–H groups in total. The highest BCUT2D eigenvalue weighted by Crippen LogP contribution is 2.44. The van der Waals surface area contributed by atoms with Gasteiger partial charge in [0, 0.05) is 50.8 Å². The largest absolute Gasteiger partial charge is 0.493 e. The van der Waals surface area contributed by atoms with E-state index in [2.05, 4.69) is 57.6 Å². The molecule has 8 rings (SSSR count). The molecule has 2 heterocycles. The minimum atomic E-state index is -2.09. The van der Waals surface area contributed by atoms with Gasteiger partial charge in [-0.25, -0.2) is 9.59 Å². The zero-order chi connectivity index (χ0) is 64.8. The van der Waals surface area contributed by atoms with E-state index in [1.54, 1.807) is 56.9 Å². The number of amides is 2. The molecule has 4 aromatic rings. The lowest BCUT2D eigenvalue weighted by Crippen LogP contribution is -2.36. The van der Waals surface area contributed by atoms with Crippen LogP contribution in [0.25, 0.3) is 6.08 Å². The second kappa shape index (κ2) is 34.2. The van der Waals surface area contributed by atoms with Crippen LogP contribution in [0.2, 0.25) is 0 Å². The molecule has 2 amide bonds. The minimum Gasteiger partial charge on any atom is -0.493 e. The molecule has 4 aliphatic rings. The van der Waals surface area contributed by atoms with Crippen LogP contribution in [0.3, 0.4) is 0 Å². The van der Waals surface area contributed by atoms with Crippen LogP contribution >= 0.6 is 0 Å². The average molecular weight is 1240 g/mol. The lowest BCUT2D eigenvalue weighted by molar-refractivity contribution is -0.187. The van der Waals surface area contributed by atoms with E-state index in [0.29, 0.717) is 48.5 Å². The zero-order valence-corrected chi connectivity index (χ0v) is 51.3. The predicted molar refractivity (Wildman–Crippen MR) is 317 cm³/mol. The fourth-order valence-electron chi connectivity index (χ4n) is 10.5. The number of methoxy groups -OCH3 is 8. The van der Waals surface area contributed by atoms with E-state index >= 15 is 0 Å². The Hall–Kier alpha value is -8.40. The number of hydrogen-bond acceptors (Lipinski definition) is 22. The van der Waals surface area contributed by atoms with E-state index in [4.69, 9.17) is 68.5 Å². The van der Waals surface area contributed by atoms with Gasteiger partial charge in [0.05, 0.1) is 69.7 Å². The van der Waals surface area contributed by atoms with Crippen LogP contribution in [0.15, 0.2) is 54.7 Å². The van der Waals surface area contributed by atoms with Crippen molar-refractivity contribution in [2.24, 2.45) is 0 Å². The Labute approximate surface area is 511 Å². The maximum atomic E-state index is 12.9. The van der Waals surface area contributed by atoms with Crippen LogP contribution in [-0.2, 0) is 70.3 Å². The van der Waals surface area contributed by atoms with Gasteiger partial charge >= 0.3 is 11.9 Å². The van der Waals surface area contributed by atoms with Gasteiger partial charge in [-0.1, -0.05) is 0 Å². The maximum Gasteiger partial charge on any atom is 0.339 e. The van der Waals surface area contributed by atoms with E-state index in [9.17, 15) is 28.8 Å². The summed E-state index contributed by atoms with van der Waals surface area (Å²) in [6.07, 6.45) is 1.26. The molecule has 0 saturated heterocycles. The molecule has 0 bridgehead atoms. The number of aliphatic hydroxyl groups is 4. The number of carbonyl (C=O) groups excluding carboxylic acids is 4. The zero-order valence-electron chi connectivity index (χ0n) is 51.3. The number of aliphatic hydroxyl groups excluding tert-OH is 4. The standard InChI is InChI=1S/C27H36N2O5.C27H34N2O5.2C4H6O6/c2*1-28(17-21-11-20-14-25(33-4)26(34-5)16-22(20)21)8-6-9-29-10-7-18-12-23(31-2)24(32-3)13-19(18)15-27(29)30;2*5-1-10-4(9)2(6)3(7)8/h12-14,16,21H,6-11,15,17H2,1-5H3;7,10,12-14,16,21H,6,8-9,11,15,17H2,1-5H3;2*1-2,4,6,9H,(H,7,8)/t2*21-;2*2-,4+/m1111/s1. The fourth-order valence-corrected chi connectivity index (χ4v) is 10.5. The Balaban J connectivity index is 0.000000246. The van der Waals surface area contributed by atoms with Crippen LogP contribution in [-0.4, -0.2) is 229 Å². The summed E-state index contributed by atoms with van der Waals surface area (Å²) in [5.74, 6) is 3.86. The van der Waals surface area contributed by atoms with Crippen molar-refractivity contribution in [1.29, 1.82) is 0 Å². The summed E-state index contributed by atoms with van der Waals surface area (Å²) in [6.45, 7) is 5.75. The van der Waals surface area contributed by atoms with Gasteiger partial charge in [0.15, 0.2) is 46.0 Å². The third-order valence-electron chi connectivity index (χ3n) is 15.3. The Bertz CT molecular complexity index is 3020. The number of carboxylic acid groups (broad SMARTS) is 2. The van der Waals surface area contributed by atoms with E-state index < -0.39 is 36.7 Å². The van der Waals surface area contributed by atoms with Crippen molar-refractivity contribution >= 4 is 42.8 Å². The molecule has 0 spiro atoms. The number of nitrogens with zero attached hydrogens (tertiary/aromatic N) is 4. The molecular formula is C62H82N4O22. The van der Waals surface area contributed by atoms with Gasteiger partial charge in [0.2, 0.25) is 36.6 Å². The Kier molecular flexibility index (Phi) is 27.4. The van der Waals surface area contributed by atoms with Crippen molar-refractivity contribution in [1.82, 2.24) is 19.6 Å². The molecule has 26 heteroatoms. The first-order valence-electron chi connectivity index (χ1n) is 28.1. The molecule has 2 aliphatic carbocycles. The Morgan fingerprint density at radius 1 is 0.534 bits per heavy atom. The van der Waals surface area contributed by atoms with Crippen molar-refractivity contribution in [2.45, 2.75) is 81.6 Å². The molecule has 26 nitrogen and oxygen atoms in total. The maximum absolute atomic E-state index is 12.9. The average Bonchev–Trinajstić information content (AvgIpc) is 2.67. The number of rotatable bonds is 28. The monoisotopic (exact) mass is 1230 g/mol. The SMILES string of the molecule is COc1cc2c(cc1OC)CC(=O)N(CCCN(C)C[C@H]1Cc3cc(OC)c(OC)cc31)C=C2.COc1cc2c(cc1OC)CC(=O)N(CCCN(C)C[C@H]1Cc3cc(OC)c(OC)cc31)CC2.O=CO[C@H](O)[C@H](O)C(=O)O.O=CO[C@H](O)[C@H](O)C(=O)O. The number of hydrogen-bond donors (Lipinski definition) is 6. The van der Waals surface area contributed by atoms with Crippen LogP contribution in [0.1, 0.15) is 69.2 Å². The summed E-state index contributed by atoms with van der Waals surface area (Å²) in [6, 6.07) is 16.2. The van der Waals surface area contributed by atoms with Crippen LogP contribution < -0.4 is 37.9 Å². The Morgan fingerprint density at radius 2 is 0.909 bits per heavy atom. The number of carbonyl (C=O) groups is 6. The van der Waals surface area contributed by atoms with Gasteiger partial charge in [-0.3, -0.25) is 19.2 Å².